The number of allylic oxidation sites excluding steroid dienone is 1. The van der Waals surface area contributed by atoms with Crippen LogP contribution >= 0.6 is 0 Å². The Kier molecular flexibility index (Phi) is 5.05. The highest BCUT2D eigenvalue weighted by molar-refractivity contribution is 6.21. The molecule has 8 heteroatoms. The van der Waals surface area contributed by atoms with Crippen LogP contribution in [0.5, 0.6) is 0 Å². The van der Waals surface area contributed by atoms with E-state index in [4.69, 9.17) is 0 Å². The second-order valence-electron chi connectivity index (χ2n) is 4.87. The molecule has 1 heterocycles. The van der Waals surface area contributed by atoms with Gasteiger partial charge >= 0.3 is 0 Å². The molecule has 2 rings (SSSR count). The lowest BCUT2D eigenvalue weighted by molar-refractivity contribution is -0.138. The van der Waals surface area contributed by atoms with E-state index in [9.17, 15) is 19.2 Å². The normalized spacial score (nSPS) is 16.9. The zero-order valence-electron chi connectivity index (χ0n) is 12.2. The number of nitrogens with zero attached hydrogens (tertiary/aromatic N) is 1. The van der Waals surface area contributed by atoms with E-state index in [1.807, 2.05) is 6.08 Å². The van der Waals surface area contributed by atoms with Crippen LogP contribution in [0.25, 0.3) is 0 Å². The molecule has 0 radical (unpaired) electrons. The first kappa shape index (κ1) is 15.9. The number of hydrogen-bond donors (Lipinski definition) is 2. The average Bonchev–Trinajstić information content (AvgIpc) is 2.76. The first-order valence-electron chi connectivity index (χ1n) is 6.87. The van der Waals surface area contributed by atoms with E-state index in [0.29, 0.717) is 17.6 Å². The zero-order chi connectivity index (χ0) is 16.1. The molecule has 0 aromatic heterocycles. The minimum Gasteiger partial charge on any atom is -0.375 e. The third-order valence-corrected chi connectivity index (χ3v) is 3.33. The first-order chi connectivity index (χ1) is 10.5. The minimum atomic E-state index is -0.495. The second kappa shape index (κ2) is 6.99. The lowest BCUT2D eigenvalue weighted by Crippen LogP contribution is -2.44. The predicted molar refractivity (Wildman–Crippen MR) is 74.9 cm³/mol. The van der Waals surface area contributed by atoms with Crippen molar-refractivity contribution in [3.05, 3.63) is 23.3 Å². The van der Waals surface area contributed by atoms with Crippen molar-refractivity contribution in [1.82, 2.24) is 15.8 Å². The quantitative estimate of drug-likeness (QED) is 0.510. The number of rotatable bonds is 5. The molecule has 2 N–H and O–H groups in total. The lowest BCUT2D eigenvalue weighted by Gasteiger charge is -2.14. The number of imide groups is 1. The maximum atomic E-state index is 12.1. The molecule has 0 spiro atoms. The molecule has 0 atom stereocenters. The fraction of sp³-hybridized carbons (Fsp3) is 0.429. The van der Waals surface area contributed by atoms with Gasteiger partial charge in [-0.15, -0.1) is 0 Å². The maximum absolute atomic E-state index is 12.1. The molecule has 8 nitrogen and oxygen atoms in total. The lowest BCUT2D eigenvalue weighted by atomic mass is 10.00. The Hall–Kier alpha value is -2.48. The van der Waals surface area contributed by atoms with Gasteiger partial charge in [-0.05, 0) is 12.8 Å². The molecule has 0 saturated heterocycles. The summed E-state index contributed by atoms with van der Waals surface area (Å²) in [4.78, 5) is 48.0. The van der Waals surface area contributed by atoms with Crippen molar-refractivity contribution in [2.24, 2.45) is 0 Å². The molecule has 0 unspecified atom stereocenters. The number of methoxy groups -OCH3 is 1. The molecule has 1 aliphatic carbocycles. The van der Waals surface area contributed by atoms with Gasteiger partial charge in [0.05, 0.1) is 0 Å². The Labute approximate surface area is 127 Å². The molecule has 4 amide bonds. The van der Waals surface area contributed by atoms with Gasteiger partial charge in [-0.1, -0.05) is 12.2 Å². The maximum Gasteiger partial charge on any atom is 0.264 e. The smallest absolute Gasteiger partial charge is 0.264 e. The molecule has 0 aromatic carbocycles. The van der Waals surface area contributed by atoms with Crippen LogP contribution in [0.3, 0.4) is 0 Å². The summed E-state index contributed by atoms with van der Waals surface area (Å²) in [5.41, 5.74) is 5.28. The van der Waals surface area contributed by atoms with E-state index < -0.39 is 11.8 Å². The number of carbonyl (C=O) groups excluding carboxylic acids is 4. The SMILES string of the molecule is COCC(=O)NNC(=O)CCN1C(=O)C2=C(CCC=C2)C1=O. The van der Waals surface area contributed by atoms with Crippen molar-refractivity contribution in [2.45, 2.75) is 19.3 Å². The summed E-state index contributed by atoms with van der Waals surface area (Å²) in [7, 11) is 1.36. The average molecular weight is 307 g/mol. The highest BCUT2D eigenvalue weighted by Gasteiger charge is 2.37. The highest BCUT2D eigenvalue weighted by Crippen LogP contribution is 2.28. The number of hydrogen-bond acceptors (Lipinski definition) is 5. The van der Waals surface area contributed by atoms with Crippen molar-refractivity contribution in [3.8, 4) is 0 Å². The summed E-state index contributed by atoms with van der Waals surface area (Å²) in [6.07, 6.45) is 4.70. The van der Waals surface area contributed by atoms with Crippen molar-refractivity contribution < 1.29 is 23.9 Å². The molecule has 22 heavy (non-hydrogen) atoms. The summed E-state index contributed by atoms with van der Waals surface area (Å²) in [5.74, 6) is -1.69. The molecule has 2 aliphatic rings. The third-order valence-electron chi connectivity index (χ3n) is 3.33. The minimum absolute atomic E-state index is 0.0233. The van der Waals surface area contributed by atoms with Crippen LogP contribution in [-0.4, -0.2) is 48.8 Å². The van der Waals surface area contributed by atoms with Gasteiger partial charge in [-0.2, -0.15) is 0 Å². The molecule has 0 saturated carbocycles. The number of amides is 4. The molecular formula is C14H17N3O5. The monoisotopic (exact) mass is 307 g/mol. The molecule has 118 valence electrons. The number of carbonyl (C=O) groups is 4. The van der Waals surface area contributed by atoms with Crippen LogP contribution in [0.1, 0.15) is 19.3 Å². The van der Waals surface area contributed by atoms with Gasteiger partial charge in [0.2, 0.25) is 5.91 Å². The number of nitrogens with one attached hydrogen (secondary N) is 2. The molecule has 1 aliphatic heterocycles. The largest absolute Gasteiger partial charge is 0.375 e. The van der Waals surface area contributed by atoms with Crippen LogP contribution in [0, 0.1) is 0 Å². The summed E-state index contributed by atoms with van der Waals surface area (Å²) in [5, 5.41) is 0. The number of ether oxygens (including phenoxy) is 1. The predicted octanol–water partition coefficient (Wildman–Crippen LogP) is -0.814. The van der Waals surface area contributed by atoms with Crippen molar-refractivity contribution >= 4 is 23.6 Å². The molecular weight excluding hydrogens is 290 g/mol. The Morgan fingerprint density at radius 3 is 2.64 bits per heavy atom. The van der Waals surface area contributed by atoms with Gasteiger partial charge in [-0.3, -0.25) is 34.9 Å². The first-order valence-corrected chi connectivity index (χ1v) is 6.87. The van der Waals surface area contributed by atoms with Gasteiger partial charge in [0.15, 0.2) is 0 Å². The van der Waals surface area contributed by atoms with E-state index in [-0.39, 0.29) is 31.4 Å². The van der Waals surface area contributed by atoms with Crippen LogP contribution in [0.2, 0.25) is 0 Å². The second-order valence-corrected chi connectivity index (χ2v) is 4.87. The highest BCUT2D eigenvalue weighted by atomic mass is 16.5. The molecule has 0 aromatic rings. The van der Waals surface area contributed by atoms with Gasteiger partial charge in [-0.25, -0.2) is 0 Å². The number of hydrazine groups is 1. The van der Waals surface area contributed by atoms with E-state index >= 15 is 0 Å². The van der Waals surface area contributed by atoms with Crippen LogP contribution in [0.4, 0.5) is 0 Å². The molecule has 0 bridgehead atoms. The van der Waals surface area contributed by atoms with Gasteiger partial charge in [0.1, 0.15) is 6.61 Å². The van der Waals surface area contributed by atoms with E-state index in [1.165, 1.54) is 7.11 Å². The van der Waals surface area contributed by atoms with Crippen LogP contribution in [0.15, 0.2) is 23.3 Å². The Morgan fingerprint density at radius 2 is 1.95 bits per heavy atom. The topological polar surface area (TPSA) is 105 Å². The van der Waals surface area contributed by atoms with Gasteiger partial charge in [0, 0.05) is 31.2 Å². The fourth-order valence-corrected chi connectivity index (χ4v) is 2.27. The van der Waals surface area contributed by atoms with E-state index in [2.05, 4.69) is 15.6 Å². The van der Waals surface area contributed by atoms with Crippen molar-refractivity contribution in [1.29, 1.82) is 0 Å². The zero-order valence-corrected chi connectivity index (χ0v) is 12.2. The Bertz CT molecular complexity index is 579. The van der Waals surface area contributed by atoms with Gasteiger partial charge in [0.25, 0.3) is 17.7 Å². The van der Waals surface area contributed by atoms with Crippen molar-refractivity contribution in [2.75, 3.05) is 20.3 Å². The fourth-order valence-electron chi connectivity index (χ4n) is 2.27. The van der Waals surface area contributed by atoms with Crippen molar-refractivity contribution in [3.63, 3.8) is 0 Å². The Balaban J connectivity index is 1.82. The van der Waals surface area contributed by atoms with Gasteiger partial charge < -0.3 is 4.74 Å². The third kappa shape index (κ3) is 3.40. The summed E-state index contributed by atoms with van der Waals surface area (Å²) < 4.78 is 4.59. The summed E-state index contributed by atoms with van der Waals surface area (Å²) >= 11 is 0. The van der Waals surface area contributed by atoms with Crippen LogP contribution < -0.4 is 10.9 Å². The molecule has 0 fully saturated rings. The standard InChI is InChI=1S/C14H17N3O5/c1-22-8-12(19)16-15-11(18)6-7-17-13(20)9-4-2-3-5-10(9)14(17)21/h2,4H,3,5-8H2,1H3,(H,15,18)(H,16,19). The van der Waals surface area contributed by atoms with E-state index in [0.717, 1.165) is 11.3 Å². The Morgan fingerprint density at radius 1 is 1.23 bits per heavy atom. The summed E-state index contributed by atoms with van der Waals surface area (Å²) in [6, 6.07) is 0. The van der Waals surface area contributed by atoms with E-state index in [1.54, 1.807) is 6.08 Å². The summed E-state index contributed by atoms with van der Waals surface area (Å²) in [6.45, 7) is -0.198. The van der Waals surface area contributed by atoms with Crippen LogP contribution in [-0.2, 0) is 23.9 Å².